The van der Waals surface area contributed by atoms with Gasteiger partial charge in [0.2, 0.25) is 0 Å². The van der Waals surface area contributed by atoms with Gasteiger partial charge < -0.3 is 14.7 Å². The smallest absolute Gasteiger partial charge is 0.386 e. The van der Waals surface area contributed by atoms with Crippen molar-refractivity contribution in [1.29, 1.82) is 0 Å². The summed E-state index contributed by atoms with van der Waals surface area (Å²) >= 11 is 0. The lowest BCUT2D eigenvalue weighted by atomic mass is 10.1. The Hall–Kier alpha value is -1.53. The summed E-state index contributed by atoms with van der Waals surface area (Å²) in [7, 11) is -4.30. The predicted molar refractivity (Wildman–Crippen MR) is 67.3 cm³/mol. The Balaban J connectivity index is 1.99. The minimum absolute atomic E-state index is 0.327. The second-order valence-electron chi connectivity index (χ2n) is 4.70. The van der Waals surface area contributed by atoms with Gasteiger partial charge in [0.05, 0.1) is 6.61 Å². The summed E-state index contributed by atoms with van der Waals surface area (Å²) < 4.78 is 26.8. The Labute approximate surface area is 121 Å². The number of anilines is 1. The molecule has 0 amide bonds. The van der Waals surface area contributed by atoms with Crippen molar-refractivity contribution in [1.82, 2.24) is 9.55 Å². The summed E-state index contributed by atoms with van der Waals surface area (Å²) in [5, 5.41) is 19.2. The van der Waals surface area contributed by atoms with E-state index in [0.29, 0.717) is 0 Å². The van der Waals surface area contributed by atoms with Crippen LogP contribution in [0.3, 0.4) is 0 Å². The normalized spacial score (nSPS) is 37.8. The number of hydrogen-bond donors (Lipinski definition) is 5. The molecular formula is C9H12N3O9P. The van der Waals surface area contributed by atoms with Gasteiger partial charge in [-0.25, -0.2) is 13.9 Å². The highest BCUT2D eigenvalue weighted by Crippen LogP contribution is 2.52. The number of aromatic nitrogens is 2. The zero-order valence-corrected chi connectivity index (χ0v) is 11.7. The number of phosphoric acid groups is 1. The van der Waals surface area contributed by atoms with Gasteiger partial charge in [-0.15, -0.1) is 0 Å². The van der Waals surface area contributed by atoms with Gasteiger partial charge in [-0.05, 0) is 0 Å². The third-order valence-electron chi connectivity index (χ3n) is 3.31. The monoisotopic (exact) mass is 337 g/mol. The number of rotatable bonds is 2. The fraction of sp³-hybridized carbons (Fsp3) is 0.556. The van der Waals surface area contributed by atoms with Crippen molar-refractivity contribution < 1.29 is 33.6 Å². The van der Waals surface area contributed by atoms with Gasteiger partial charge in [-0.1, -0.05) is 0 Å². The number of fused-ring (bicyclic) bond motifs is 1. The zero-order chi connectivity index (χ0) is 16.1. The SMILES string of the molecule is O=c1cc(NO)n([C@@H]2O[C@@H]3COP(=O)(O)O[C@H]3[C@H]2O)c(=O)[nH]1. The minimum atomic E-state index is -4.30. The first-order valence-electron chi connectivity index (χ1n) is 6.07. The first-order valence-corrected chi connectivity index (χ1v) is 7.57. The molecule has 0 saturated carbocycles. The molecule has 22 heavy (non-hydrogen) atoms. The molecule has 1 aromatic rings. The maximum Gasteiger partial charge on any atom is 0.472 e. The summed E-state index contributed by atoms with van der Waals surface area (Å²) in [6, 6.07) is 0.869. The van der Waals surface area contributed by atoms with Gasteiger partial charge in [0.15, 0.2) is 6.23 Å². The van der Waals surface area contributed by atoms with Crippen LogP contribution in [0.2, 0.25) is 0 Å². The highest BCUT2D eigenvalue weighted by Gasteiger charge is 2.53. The maximum atomic E-state index is 11.9. The molecule has 0 aliphatic carbocycles. The standard InChI is InChI=1S/C9H12N3O9P/c13-5-1-4(11-16)12(9(15)10-5)8-6(14)7-3(20-8)2-19-22(17,18)21-7/h1,3,6-8,11,14,16H,2H2,(H,17,18)(H,10,13,15)/t3-,6-,7-,8-/m1/s1. The summed E-state index contributed by atoms with van der Waals surface area (Å²) in [5.74, 6) is -0.329. The van der Waals surface area contributed by atoms with Gasteiger partial charge in [0.1, 0.15) is 24.1 Å². The Morgan fingerprint density at radius 1 is 1.45 bits per heavy atom. The Morgan fingerprint density at radius 2 is 2.18 bits per heavy atom. The first kappa shape index (κ1) is 15.4. The molecular weight excluding hydrogens is 325 g/mol. The average Bonchev–Trinajstić information content (AvgIpc) is 2.74. The van der Waals surface area contributed by atoms with E-state index in [0.717, 1.165) is 10.6 Å². The summed E-state index contributed by atoms with van der Waals surface area (Å²) in [6.07, 6.45) is -4.99. The largest absolute Gasteiger partial charge is 0.472 e. The molecule has 122 valence electrons. The average molecular weight is 337 g/mol. The second kappa shape index (κ2) is 5.28. The van der Waals surface area contributed by atoms with Gasteiger partial charge in [-0.3, -0.25) is 29.5 Å². The van der Waals surface area contributed by atoms with Crippen molar-refractivity contribution in [3.05, 3.63) is 26.9 Å². The molecule has 0 aromatic carbocycles. The third kappa shape index (κ3) is 2.50. The van der Waals surface area contributed by atoms with E-state index in [4.69, 9.17) is 14.5 Å². The quantitative estimate of drug-likeness (QED) is 0.303. The van der Waals surface area contributed by atoms with E-state index in [1.807, 2.05) is 4.98 Å². The Kier molecular flexibility index (Phi) is 3.69. The van der Waals surface area contributed by atoms with Crippen LogP contribution in [-0.4, -0.2) is 49.7 Å². The van der Waals surface area contributed by atoms with Crippen molar-refractivity contribution in [3.63, 3.8) is 0 Å². The highest BCUT2D eigenvalue weighted by atomic mass is 31.2. The topological polar surface area (TPSA) is 172 Å². The van der Waals surface area contributed by atoms with Crippen LogP contribution in [0.1, 0.15) is 6.23 Å². The molecule has 1 unspecified atom stereocenters. The van der Waals surface area contributed by atoms with Crippen LogP contribution in [0.15, 0.2) is 15.7 Å². The van der Waals surface area contributed by atoms with Gasteiger partial charge in [0.25, 0.3) is 5.56 Å². The molecule has 3 rings (SSSR count). The molecule has 2 aliphatic rings. The number of aromatic amines is 1. The van der Waals surface area contributed by atoms with Crippen LogP contribution in [-0.2, 0) is 18.3 Å². The fourth-order valence-corrected chi connectivity index (χ4v) is 3.36. The van der Waals surface area contributed by atoms with E-state index in [-0.39, 0.29) is 12.4 Å². The number of hydrogen-bond acceptors (Lipinski definition) is 9. The van der Waals surface area contributed by atoms with Crippen LogP contribution < -0.4 is 16.7 Å². The number of phosphoric ester groups is 1. The fourth-order valence-electron chi connectivity index (χ4n) is 2.39. The van der Waals surface area contributed by atoms with E-state index in [1.165, 1.54) is 0 Å². The Morgan fingerprint density at radius 3 is 2.86 bits per heavy atom. The molecule has 12 nitrogen and oxygen atoms in total. The molecule has 1 aromatic heterocycles. The van der Waals surface area contributed by atoms with Crippen LogP contribution in [0.25, 0.3) is 0 Å². The van der Waals surface area contributed by atoms with Crippen LogP contribution in [0, 0.1) is 0 Å². The Bertz CT molecular complexity index is 745. The molecule has 5 N–H and O–H groups in total. The number of ether oxygens (including phenoxy) is 1. The van der Waals surface area contributed by atoms with E-state index < -0.39 is 43.6 Å². The summed E-state index contributed by atoms with van der Waals surface area (Å²) in [6.45, 7) is -0.327. The van der Waals surface area contributed by atoms with E-state index in [9.17, 15) is 24.2 Å². The van der Waals surface area contributed by atoms with Crippen molar-refractivity contribution >= 4 is 13.6 Å². The molecule has 3 heterocycles. The number of nitrogens with zero attached hydrogens (tertiary/aromatic N) is 1. The van der Waals surface area contributed by atoms with Crippen molar-refractivity contribution in [2.45, 2.75) is 24.5 Å². The molecule has 2 fully saturated rings. The van der Waals surface area contributed by atoms with Crippen LogP contribution in [0.4, 0.5) is 5.82 Å². The third-order valence-corrected chi connectivity index (χ3v) is 4.30. The van der Waals surface area contributed by atoms with Crippen molar-refractivity contribution in [2.24, 2.45) is 0 Å². The van der Waals surface area contributed by atoms with Crippen LogP contribution in [0.5, 0.6) is 0 Å². The number of H-pyrrole nitrogens is 1. The molecule has 5 atom stereocenters. The number of nitrogens with one attached hydrogen (secondary N) is 2. The van der Waals surface area contributed by atoms with Gasteiger partial charge in [0, 0.05) is 6.07 Å². The predicted octanol–water partition coefficient (Wildman–Crippen LogP) is -1.89. The van der Waals surface area contributed by atoms with Crippen molar-refractivity contribution in [2.75, 3.05) is 12.1 Å². The molecule has 0 radical (unpaired) electrons. The lowest BCUT2D eigenvalue weighted by Crippen LogP contribution is -2.41. The van der Waals surface area contributed by atoms with Crippen LogP contribution >= 0.6 is 7.82 Å². The lowest BCUT2D eigenvalue weighted by Gasteiger charge is -2.27. The van der Waals surface area contributed by atoms with Gasteiger partial charge in [-0.2, -0.15) is 0 Å². The van der Waals surface area contributed by atoms with E-state index >= 15 is 0 Å². The van der Waals surface area contributed by atoms with E-state index in [2.05, 4.69) is 4.52 Å². The molecule has 2 saturated heterocycles. The minimum Gasteiger partial charge on any atom is -0.386 e. The first-order chi connectivity index (χ1) is 10.3. The zero-order valence-electron chi connectivity index (χ0n) is 10.8. The number of aliphatic hydroxyl groups is 1. The molecule has 2 aliphatic heterocycles. The van der Waals surface area contributed by atoms with E-state index in [1.54, 1.807) is 5.48 Å². The van der Waals surface area contributed by atoms with Crippen molar-refractivity contribution in [3.8, 4) is 0 Å². The number of aliphatic hydroxyl groups excluding tert-OH is 1. The summed E-state index contributed by atoms with van der Waals surface area (Å²) in [5.41, 5.74) is -0.0864. The molecule has 0 bridgehead atoms. The van der Waals surface area contributed by atoms with Gasteiger partial charge >= 0.3 is 13.5 Å². The molecule has 13 heteroatoms. The lowest BCUT2D eigenvalue weighted by molar-refractivity contribution is -0.0682. The maximum absolute atomic E-state index is 11.9. The second-order valence-corrected chi connectivity index (χ2v) is 6.10. The summed E-state index contributed by atoms with van der Waals surface area (Å²) in [4.78, 5) is 34.3. The highest BCUT2D eigenvalue weighted by molar-refractivity contribution is 7.47. The molecule has 0 spiro atoms.